The van der Waals surface area contributed by atoms with Gasteiger partial charge in [0.1, 0.15) is 0 Å². The minimum Gasteiger partial charge on any atom is -0.356 e. The molecule has 1 N–H and O–H groups in total. The van der Waals surface area contributed by atoms with Crippen molar-refractivity contribution in [3.63, 3.8) is 0 Å². The van der Waals surface area contributed by atoms with Gasteiger partial charge in [-0.15, -0.1) is 0 Å². The summed E-state index contributed by atoms with van der Waals surface area (Å²) in [5.74, 6) is 0. The molecule has 0 aliphatic carbocycles. The van der Waals surface area contributed by atoms with Crippen LogP contribution in [0, 0.1) is 0 Å². The van der Waals surface area contributed by atoms with E-state index in [-0.39, 0.29) is 0 Å². The molecule has 0 bridgehead atoms. The first-order chi connectivity index (χ1) is 11.4. The largest absolute Gasteiger partial charge is 0.356 e. The summed E-state index contributed by atoms with van der Waals surface area (Å²) in [6.07, 6.45) is 0. The Kier molecular flexibility index (Phi) is 3.53. The first-order valence-electron chi connectivity index (χ1n) is 7.80. The van der Waals surface area contributed by atoms with E-state index in [2.05, 4.69) is 96.3 Å². The summed E-state index contributed by atoms with van der Waals surface area (Å²) in [4.78, 5) is 0. The highest BCUT2D eigenvalue weighted by Gasteiger charge is 1.99. The first kappa shape index (κ1) is 13.6. The second-order valence-corrected chi connectivity index (χ2v) is 5.63. The molecular weight excluding hydrogens is 278 g/mol. The zero-order valence-electron chi connectivity index (χ0n) is 12.7. The van der Waals surface area contributed by atoms with Gasteiger partial charge in [-0.1, -0.05) is 72.8 Å². The van der Waals surface area contributed by atoms with Gasteiger partial charge in [0, 0.05) is 11.4 Å². The molecule has 1 heteroatoms. The predicted molar refractivity (Wildman–Crippen MR) is 99.1 cm³/mol. The molecule has 0 atom stereocenters. The smallest absolute Gasteiger partial charge is 0.0390 e. The number of benzene rings is 4. The molecule has 0 unspecified atom stereocenters. The third-order valence-electron chi connectivity index (χ3n) is 4.03. The van der Waals surface area contributed by atoms with Crippen molar-refractivity contribution in [1.29, 1.82) is 0 Å². The third kappa shape index (κ3) is 2.95. The summed E-state index contributed by atoms with van der Waals surface area (Å²) in [5, 5.41) is 5.98. The van der Waals surface area contributed by atoms with Gasteiger partial charge in [0.2, 0.25) is 0 Å². The quantitative estimate of drug-likeness (QED) is 0.471. The molecule has 1 nitrogen and oxygen atoms in total. The SMILES string of the molecule is c1ccc(-c2ccc(Nc3ccc4ccccc4c3)cc2)cc1. The zero-order valence-corrected chi connectivity index (χ0v) is 12.7. The Bertz CT molecular complexity index is 925. The Morgan fingerprint density at radius 2 is 1.04 bits per heavy atom. The molecule has 4 aromatic carbocycles. The van der Waals surface area contributed by atoms with Crippen LogP contribution in [-0.2, 0) is 0 Å². The van der Waals surface area contributed by atoms with Crippen LogP contribution in [0.2, 0.25) is 0 Å². The molecule has 0 spiro atoms. The van der Waals surface area contributed by atoms with Crippen LogP contribution in [0.4, 0.5) is 11.4 Å². The number of hydrogen-bond acceptors (Lipinski definition) is 1. The molecule has 0 saturated carbocycles. The van der Waals surface area contributed by atoms with Gasteiger partial charge in [-0.05, 0) is 46.2 Å². The maximum atomic E-state index is 3.47. The first-order valence-corrected chi connectivity index (χ1v) is 7.80. The summed E-state index contributed by atoms with van der Waals surface area (Å²) >= 11 is 0. The molecule has 110 valence electrons. The average molecular weight is 295 g/mol. The molecule has 0 aliphatic heterocycles. The highest BCUT2D eigenvalue weighted by Crippen LogP contribution is 2.25. The monoisotopic (exact) mass is 295 g/mol. The van der Waals surface area contributed by atoms with Gasteiger partial charge in [-0.25, -0.2) is 0 Å². The van der Waals surface area contributed by atoms with E-state index in [0.717, 1.165) is 11.4 Å². The molecule has 4 aromatic rings. The van der Waals surface area contributed by atoms with Gasteiger partial charge >= 0.3 is 0 Å². The van der Waals surface area contributed by atoms with Crippen molar-refractivity contribution < 1.29 is 0 Å². The van der Waals surface area contributed by atoms with Gasteiger partial charge in [0.05, 0.1) is 0 Å². The number of fused-ring (bicyclic) bond motifs is 1. The maximum Gasteiger partial charge on any atom is 0.0390 e. The van der Waals surface area contributed by atoms with Crippen LogP contribution in [0.25, 0.3) is 21.9 Å². The molecule has 0 heterocycles. The molecule has 0 fully saturated rings. The summed E-state index contributed by atoms with van der Waals surface area (Å²) in [6.45, 7) is 0. The molecule has 0 saturated heterocycles. The fourth-order valence-corrected chi connectivity index (χ4v) is 2.81. The number of rotatable bonds is 3. The Morgan fingerprint density at radius 1 is 0.435 bits per heavy atom. The van der Waals surface area contributed by atoms with Crippen molar-refractivity contribution in [2.75, 3.05) is 5.32 Å². The minimum absolute atomic E-state index is 1.10. The number of anilines is 2. The Hall–Kier alpha value is -3.06. The Morgan fingerprint density at radius 3 is 1.83 bits per heavy atom. The molecule has 23 heavy (non-hydrogen) atoms. The van der Waals surface area contributed by atoms with E-state index in [9.17, 15) is 0 Å². The summed E-state index contributed by atoms with van der Waals surface area (Å²) in [6, 6.07) is 33.8. The van der Waals surface area contributed by atoms with Gasteiger partial charge in [-0.2, -0.15) is 0 Å². The van der Waals surface area contributed by atoms with Crippen molar-refractivity contribution >= 4 is 22.1 Å². The van der Waals surface area contributed by atoms with E-state index >= 15 is 0 Å². The van der Waals surface area contributed by atoms with Crippen molar-refractivity contribution in [3.8, 4) is 11.1 Å². The number of nitrogens with one attached hydrogen (secondary N) is 1. The molecule has 0 aliphatic rings. The Balaban J connectivity index is 1.58. The fraction of sp³-hybridized carbons (Fsp3) is 0. The molecule has 0 radical (unpaired) electrons. The minimum atomic E-state index is 1.10. The highest BCUT2D eigenvalue weighted by atomic mass is 14.9. The van der Waals surface area contributed by atoms with E-state index in [1.165, 1.54) is 21.9 Å². The second-order valence-electron chi connectivity index (χ2n) is 5.63. The van der Waals surface area contributed by atoms with Gasteiger partial charge in [0.15, 0.2) is 0 Å². The molecular formula is C22H17N. The predicted octanol–water partition coefficient (Wildman–Crippen LogP) is 6.25. The van der Waals surface area contributed by atoms with E-state index in [1.807, 2.05) is 6.07 Å². The summed E-state index contributed by atoms with van der Waals surface area (Å²) < 4.78 is 0. The van der Waals surface area contributed by atoms with Crippen molar-refractivity contribution in [2.24, 2.45) is 0 Å². The standard InChI is InChI=1S/C22H17N/c1-2-6-17(7-3-1)19-10-13-21(14-11-19)23-22-15-12-18-8-4-5-9-20(18)16-22/h1-16,23H. The number of hydrogen-bond donors (Lipinski definition) is 1. The normalized spacial score (nSPS) is 10.6. The second kappa shape index (κ2) is 5.98. The van der Waals surface area contributed by atoms with Crippen molar-refractivity contribution in [2.45, 2.75) is 0 Å². The van der Waals surface area contributed by atoms with Crippen LogP contribution >= 0.6 is 0 Å². The fourth-order valence-electron chi connectivity index (χ4n) is 2.81. The lowest BCUT2D eigenvalue weighted by molar-refractivity contribution is 1.55. The van der Waals surface area contributed by atoms with Crippen molar-refractivity contribution in [1.82, 2.24) is 0 Å². The molecule has 0 aromatic heterocycles. The lowest BCUT2D eigenvalue weighted by Crippen LogP contribution is -1.90. The summed E-state index contributed by atoms with van der Waals surface area (Å²) in [7, 11) is 0. The van der Waals surface area contributed by atoms with Gasteiger partial charge < -0.3 is 5.32 Å². The average Bonchev–Trinajstić information content (AvgIpc) is 2.63. The molecule has 4 rings (SSSR count). The van der Waals surface area contributed by atoms with Crippen molar-refractivity contribution in [3.05, 3.63) is 97.1 Å². The highest BCUT2D eigenvalue weighted by molar-refractivity contribution is 5.86. The lowest BCUT2D eigenvalue weighted by atomic mass is 10.1. The summed E-state index contributed by atoms with van der Waals surface area (Å²) in [5.41, 5.74) is 4.68. The lowest BCUT2D eigenvalue weighted by Gasteiger charge is -2.09. The van der Waals surface area contributed by atoms with Crippen LogP contribution < -0.4 is 5.32 Å². The van der Waals surface area contributed by atoms with Gasteiger partial charge in [-0.3, -0.25) is 0 Å². The molecule has 0 amide bonds. The van der Waals surface area contributed by atoms with E-state index in [4.69, 9.17) is 0 Å². The Labute approximate surface area is 136 Å². The van der Waals surface area contributed by atoms with E-state index in [0.29, 0.717) is 0 Å². The van der Waals surface area contributed by atoms with E-state index in [1.54, 1.807) is 0 Å². The van der Waals surface area contributed by atoms with Gasteiger partial charge in [0.25, 0.3) is 0 Å². The van der Waals surface area contributed by atoms with Crippen LogP contribution in [0.3, 0.4) is 0 Å². The zero-order chi connectivity index (χ0) is 15.5. The third-order valence-corrected chi connectivity index (χ3v) is 4.03. The maximum absolute atomic E-state index is 3.47. The van der Waals surface area contributed by atoms with E-state index < -0.39 is 0 Å². The van der Waals surface area contributed by atoms with Crippen LogP contribution in [0.1, 0.15) is 0 Å². The van der Waals surface area contributed by atoms with Crippen LogP contribution in [0.5, 0.6) is 0 Å². The van der Waals surface area contributed by atoms with Crippen LogP contribution in [0.15, 0.2) is 97.1 Å². The van der Waals surface area contributed by atoms with Crippen LogP contribution in [-0.4, -0.2) is 0 Å². The topological polar surface area (TPSA) is 12.0 Å².